The molecule has 8 rings (SSSR count). The van der Waals surface area contributed by atoms with E-state index in [1.807, 2.05) is 36.5 Å². The molecule has 3 aliphatic carbocycles. The van der Waals surface area contributed by atoms with Crippen LogP contribution in [-0.2, 0) is 27.8 Å². The van der Waals surface area contributed by atoms with Gasteiger partial charge in [0, 0.05) is 60.4 Å². The second kappa shape index (κ2) is 16.1. The van der Waals surface area contributed by atoms with Gasteiger partial charge in [0.05, 0.1) is 13.2 Å². The number of hydrogen-bond acceptors (Lipinski definition) is 8. The number of hydrogen-bond donors (Lipinski definition) is 2. The molecule has 10 heteroatoms. The first-order valence-corrected chi connectivity index (χ1v) is 21.1. The molecular formula is C45H58ClN3O6. The monoisotopic (exact) mass is 771 g/mol. The molecule has 1 saturated carbocycles. The van der Waals surface area contributed by atoms with Crippen LogP contribution in [0.3, 0.4) is 0 Å². The van der Waals surface area contributed by atoms with Crippen LogP contribution in [0, 0.1) is 11.8 Å². The minimum atomic E-state index is -1.08. The fourth-order valence-corrected chi connectivity index (χ4v) is 10.8. The zero-order valence-corrected chi connectivity index (χ0v) is 33.5. The summed E-state index contributed by atoms with van der Waals surface area (Å²) in [5, 5.41) is 14.8. The summed E-state index contributed by atoms with van der Waals surface area (Å²) in [5.74, 6) is 2.90. The second-order valence-electron chi connectivity index (χ2n) is 17.3. The van der Waals surface area contributed by atoms with E-state index in [9.17, 15) is 9.90 Å². The van der Waals surface area contributed by atoms with Crippen molar-refractivity contribution in [1.82, 2.24) is 9.88 Å². The van der Waals surface area contributed by atoms with Crippen molar-refractivity contribution in [3.05, 3.63) is 76.1 Å². The average molecular weight is 772 g/mol. The second-order valence-corrected chi connectivity index (χ2v) is 17.7. The van der Waals surface area contributed by atoms with Crippen LogP contribution in [0.5, 0.6) is 17.2 Å². The number of anilines is 1. The van der Waals surface area contributed by atoms with Crippen LogP contribution in [-0.4, -0.2) is 78.7 Å². The summed E-state index contributed by atoms with van der Waals surface area (Å²) in [7, 11) is 2.21. The molecule has 2 aliphatic heterocycles. The van der Waals surface area contributed by atoms with E-state index >= 15 is 0 Å². The van der Waals surface area contributed by atoms with Gasteiger partial charge in [0.15, 0.2) is 11.5 Å². The van der Waals surface area contributed by atoms with Crippen LogP contribution in [0.1, 0.15) is 106 Å². The summed E-state index contributed by atoms with van der Waals surface area (Å²) >= 11 is 6.33. The number of fused-ring (bicyclic) bond motifs is 4. The highest BCUT2D eigenvalue weighted by Gasteiger charge is 2.54. The Kier molecular flexibility index (Phi) is 11.3. The number of nitrogens with zero attached hydrogens (tertiary/aromatic N) is 2. The van der Waals surface area contributed by atoms with Crippen molar-refractivity contribution in [2.75, 3.05) is 45.3 Å². The fraction of sp³-hybridized carbons (Fsp3) is 0.600. The first kappa shape index (κ1) is 38.3. The standard InChI is InChI=1S/C45H58ClN3O6/c1-29(28-54-39-10-18-47-38-9-4-6-30(2)42(38)39)22-32-23-31-24-40-41(55-36(13-21-53-40)27-49(3)35-11-19-52-20-12-35)26-37(31)44(32)14-16-45(17-15-44,43(50)51)48-34-8-5-7-33(46)25-34/h5,7-8,10,18,24-26,29-30,32,35-36,48H,4,6,9,11-17,19-23,27-28H2,1-3H3,(H,50,51)/t29-,30-,32+,36+,44?,45?/m1/s1. The van der Waals surface area contributed by atoms with E-state index < -0.39 is 11.5 Å². The molecule has 1 spiro atoms. The molecule has 1 saturated heterocycles. The molecule has 3 heterocycles. The zero-order valence-electron chi connectivity index (χ0n) is 32.8. The lowest BCUT2D eigenvalue weighted by Gasteiger charge is -2.47. The van der Waals surface area contributed by atoms with E-state index in [4.69, 9.17) is 35.5 Å². The number of nitrogens with one attached hydrogen (secondary N) is 1. The maximum absolute atomic E-state index is 13.1. The lowest BCUT2D eigenvalue weighted by molar-refractivity contribution is -0.144. The van der Waals surface area contributed by atoms with Crippen molar-refractivity contribution in [2.24, 2.45) is 11.8 Å². The predicted octanol–water partition coefficient (Wildman–Crippen LogP) is 8.84. The number of halogens is 1. The molecular weight excluding hydrogens is 714 g/mol. The molecule has 0 amide bonds. The summed E-state index contributed by atoms with van der Waals surface area (Å²) < 4.78 is 25.5. The first-order valence-electron chi connectivity index (χ1n) is 20.7. The van der Waals surface area contributed by atoms with Gasteiger partial charge in [-0.3, -0.25) is 9.88 Å². The summed E-state index contributed by atoms with van der Waals surface area (Å²) in [6, 6.07) is 14.5. The highest BCUT2D eigenvalue weighted by Crippen LogP contribution is 2.58. The van der Waals surface area contributed by atoms with Crippen LogP contribution in [0.2, 0.25) is 5.02 Å². The number of ether oxygens (including phenoxy) is 4. The average Bonchev–Trinajstić information content (AvgIpc) is 3.30. The molecule has 4 atom stereocenters. The number of aryl methyl sites for hydroxylation is 1. The van der Waals surface area contributed by atoms with Crippen molar-refractivity contribution in [3.63, 3.8) is 0 Å². The van der Waals surface area contributed by atoms with Crippen molar-refractivity contribution in [2.45, 2.75) is 120 Å². The Bertz CT molecular complexity index is 1840. The van der Waals surface area contributed by atoms with E-state index in [1.165, 1.54) is 35.2 Å². The van der Waals surface area contributed by atoms with Crippen LogP contribution in [0.25, 0.3) is 0 Å². The van der Waals surface area contributed by atoms with E-state index in [0.29, 0.717) is 54.9 Å². The van der Waals surface area contributed by atoms with Gasteiger partial charge in [-0.2, -0.15) is 0 Å². The Morgan fingerprint density at radius 1 is 1.07 bits per heavy atom. The van der Waals surface area contributed by atoms with Crippen LogP contribution in [0.15, 0.2) is 48.7 Å². The summed E-state index contributed by atoms with van der Waals surface area (Å²) in [5.41, 5.74) is 4.55. The van der Waals surface area contributed by atoms with Crippen molar-refractivity contribution >= 4 is 23.3 Å². The van der Waals surface area contributed by atoms with E-state index in [-0.39, 0.29) is 11.5 Å². The van der Waals surface area contributed by atoms with Gasteiger partial charge in [0.1, 0.15) is 17.4 Å². The number of likely N-dealkylation sites (N-methyl/N-ethyl adjacent to an activating group) is 1. The van der Waals surface area contributed by atoms with Crippen molar-refractivity contribution < 1.29 is 28.8 Å². The normalized spacial score (nSPS) is 28.3. The smallest absolute Gasteiger partial charge is 0.329 e. The Morgan fingerprint density at radius 2 is 1.89 bits per heavy atom. The van der Waals surface area contributed by atoms with Crippen molar-refractivity contribution in [3.8, 4) is 17.2 Å². The third kappa shape index (κ3) is 7.91. The molecule has 5 aliphatic rings. The number of pyridine rings is 1. The number of aliphatic carboxylic acids is 1. The topological polar surface area (TPSA) is 102 Å². The SMILES string of the molecule is C[C@@H](COc1ccnc2c1[C@H](C)CCC2)C[C@H]1Cc2cc3c(cc2C12CCC(Nc1cccc(Cl)c1)(C(=O)O)CC2)O[C@H](CN(C)C1CCOCC1)CCO3. The molecule has 9 nitrogen and oxygen atoms in total. The van der Waals surface area contributed by atoms with E-state index in [2.05, 4.69) is 43.2 Å². The van der Waals surface area contributed by atoms with Crippen LogP contribution < -0.4 is 19.5 Å². The molecule has 3 aromatic rings. The van der Waals surface area contributed by atoms with Gasteiger partial charge >= 0.3 is 5.97 Å². The third-order valence-corrected chi connectivity index (χ3v) is 13.9. The van der Waals surface area contributed by atoms with Gasteiger partial charge in [-0.1, -0.05) is 31.5 Å². The lowest BCUT2D eigenvalue weighted by atomic mass is 9.59. The first-order chi connectivity index (χ1) is 26.6. The number of rotatable bonds is 11. The zero-order chi connectivity index (χ0) is 38.2. The number of aromatic nitrogens is 1. The van der Waals surface area contributed by atoms with Crippen LogP contribution in [0.4, 0.5) is 5.69 Å². The van der Waals surface area contributed by atoms with E-state index in [1.54, 1.807) is 0 Å². The predicted molar refractivity (Wildman–Crippen MR) is 215 cm³/mol. The van der Waals surface area contributed by atoms with Crippen molar-refractivity contribution in [1.29, 1.82) is 0 Å². The molecule has 55 heavy (non-hydrogen) atoms. The van der Waals surface area contributed by atoms with Crippen LogP contribution >= 0.6 is 11.6 Å². The maximum atomic E-state index is 13.1. The van der Waals surface area contributed by atoms with Gasteiger partial charge in [0.2, 0.25) is 0 Å². The van der Waals surface area contributed by atoms with E-state index in [0.717, 1.165) is 94.1 Å². The largest absolute Gasteiger partial charge is 0.493 e. The number of carbonyl (C=O) groups is 1. The molecule has 2 N–H and O–H groups in total. The molecule has 1 aromatic heterocycles. The minimum absolute atomic E-state index is 0.0204. The lowest BCUT2D eigenvalue weighted by Crippen LogP contribution is -2.53. The summed E-state index contributed by atoms with van der Waals surface area (Å²) in [6.07, 6.45) is 12.6. The molecule has 0 unspecified atom stereocenters. The quantitative estimate of drug-likeness (QED) is 0.198. The molecule has 2 fully saturated rings. The Balaban J connectivity index is 1.05. The molecule has 296 valence electrons. The highest BCUT2D eigenvalue weighted by atomic mass is 35.5. The van der Waals surface area contributed by atoms with Gasteiger partial charge in [-0.15, -0.1) is 0 Å². The van der Waals surface area contributed by atoms with Gasteiger partial charge < -0.3 is 29.4 Å². The Labute approximate surface area is 331 Å². The van der Waals surface area contributed by atoms with Gasteiger partial charge in [-0.05, 0) is 148 Å². The highest BCUT2D eigenvalue weighted by molar-refractivity contribution is 6.30. The van der Waals surface area contributed by atoms with Gasteiger partial charge in [0.25, 0.3) is 0 Å². The number of carboxylic acids is 1. The molecule has 0 bridgehead atoms. The Hall–Kier alpha value is -3.53. The maximum Gasteiger partial charge on any atom is 0.329 e. The van der Waals surface area contributed by atoms with Gasteiger partial charge in [-0.25, -0.2) is 4.79 Å². The third-order valence-electron chi connectivity index (χ3n) is 13.7. The fourth-order valence-electron chi connectivity index (χ4n) is 10.6. The molecule has 2 aromatic carbocycles. The molecule has 0 radical (unpaired) electrons. The number of benzene rings is 2. The summed E-state index contributed by atoms with van der Waals surface area (Å²) in [6.45, 7) is 8.32. The summed E-state index contributed by atoms with van der Waals surface area (Å²) in [4.78, 5) is 20.3. The number of carboxylic acid groups (broad SMARTS) is 1. The Morgan fingerprint density at radius 3 is 2.67 bits per heavy atom. The minimum Gasteiger partial charge on any atom is -0.493 e.